The molecule has 0 fully saturated rings. The minimum absolute atomic E-state index is 0.220. The number of hydrogen-bond acceptors (Lipinski definition) is 10. The van der Waals surface area contributed by atoms with Crippen molar-refractivity contribution in [1.82, 2.24) is 20.4 Å². The summed E-state index contributed by atoms with van der Waals surface area (Å²) in [7, 11) is 0. The minimum Gasteiger partial charge on any atom is -0.427 e. The van der Waals surface area contributed by atoms with Crippen LogP contribution < -0.4 is 18.9 Å². The van der Waals surface area contributed by atoms with E-state index in [1.807, 2.05) is 36.4 Å². The molecule has 12 nitrogen and oxygen atoms in total. The fraction of sp³-hybridized carbons (Fsp3) is 0.125. The van der Waals surface area contributed by atoms with Crippen LogP contribution in [-0.2, 0) is 19.2 Å². The smallest absolute Gasteiger partial charge is 0.308 e. The fourth-order valence-corrected chi connectivity index (χ4v) is 4.43. The molecule has 0 saturated heterocycles. The Morgan fingerprint density at radius 3 is 1.14 bits per heavy atom. The molecule has 0 saturated carbocycles. The maximum Gasteiger partial charge on any atom is 0.308 e. The van der Waals surface area contributed by atoms with Crippen molar-refractivity contribution >= 4 is 23.9 Å². The Morgan fingerprint density at radius 2 is 0.818 bits per heavy atom. The van der Waals surface area contributed by atoms with Crippen LogP contribution in [0.3, 0.4) is 0 Å². The van der Waals surface area contributed by atoms with Gasteiger partial charge in [-0.05, 0) is 42.5 Å². The highest BCUT2D eigenvalue weighted by Gasteiger charge is 2.15. The summed E-state index contributed by atoms with van der Waals surface area (Å²) in [5.41, 5.74) is 5.23. The van der Waals surface area contributed by atoms with Crippen LogP contribution in [0.2, 0.25) is 0 Å². The second-order valence-electron chi connectivity index (χ2n) is 9.68. The number of aromatic nitrogens is 4. The Morgan fingerprint density at radius 1 is 0.477 bits per heavy atom. The molecule has 2 heterocycles. The minimum atomic E-state index is -0.513. The molecule has 0 bridgehead atoms. The Kier molecular flexibility index (Phi) is 8.33. The summed E-state index contributed by atoms with van der Waals surface area (Å²) >= 11 is 0. The maximum absolute atomic E-state index is 11.5. The van der Waals surface area contributed by atoms with Gasteiger partial charge >= 0.3 is 23.9 Å². The summed E-state index contributed by atoms with van der Waals surface area (Å²) in [4.78, 5) is 46.1. The third-order valence-electron chi connectivity index (χ3n) is 6.04. The lowest BCUT2D eigenvalue weighted by Gasteiger charge is -2.08. The van der Waals surface area contributed by atoms with Gasteiger partial charge in [0.05, 0.1) is 22.8 Å². The quantitative estimate of drug-likeness (QED) is 0.173. The van der Waals surface area contributed by atoms with Crippen LogP contribution in [-0.4, -0.2) is 44.3 Å². The van der Waals surface area contributed by atoms with Gasteiger partial charge in [0.25, 0.3) is 0 Å². The van der Waals surface area contributed by atoms with Crippen molar-refractivity contribution in [2.24, 2.45) is 0 Å². The zero-order valence-corrected chi connectivity index (χ0v) is 24.1. The molecular weight excluding hydrogens is 568 g/mol. The number of aromatic amines is 2. The SMILES string of the molecule is CC(=O)Oc1cc(OC(C)=O)cc(-c2cc(-c3cccc(-c4cc(-c5cc(OC(C)=O)cc(OC(C)=O)c5)[nH]n4)c3)n[nH]2)c1. The molecular formula is C32H26N4O8. The van der Waals surface area contributed by atoms with E-state index < -0.39 is 23.9 Å². The van der Waals surface area contributed by atoms with Gasteiger partial charge in [0.1, 0.15) is 23.0 Å². The first-order chi connectivity index (χ1) is 21.0. The normalized spacial score (nSPS) is 10.6. The Labute approximate surface area is 250 Å². The number of carbonyl (C=O) groups excluding carboxylic acids is 4. The average Bonchev–Trinajstić information content (AvgIpc) is 3.62. The molecule has 0 spiro atoms. The molecule has 0 radical (unpaired) electrons. The number of esters is 4. The van der Waals surface area contributed by atoms with Gasteiger partial charge in [0.2, 0.25) is 0 Å². The second kappa shape index (κ2) is 12.4. The molecule has 0 atom stereocenters. The summed E-state index contributed by atoms with van der Waals surface area (Å²) in [5, 5.41) is 14.9. The van der Waals surface area contributed by atoms with E-state index in [1.54, 1.807) is 24.3 Å². The third kappa shape index (κ3) is 7.23. The van der Waals surface area contributed by atoms with Crippen LogP contribution in [0.25, 0.3) is 45.0 Å². The summed E-state index contributed by atoms with van der Waals surface area (Å²) in [6.07, 6.45) is 0. The highest BCUT2D eigenvalue weighted by molar-refractivity contribution is 5.78. The van der Waals surface area contributed by atoms with Gasteiger partial charge in [-0.25, -0.2) is 0 Å². The first kappa shape index (κ1) is 29.5. The van der Waals surface area contributed by atoms with Crippen molar-refractivity contribution < 1.29 is 38.1 Å². The molecule has 44 heavy (non-hydrogen) atoms. The van der Waals surface area contributed by atoms with Crippen LogP contribution in [0, 0.1) is 0 Å². The number of hydrogen-bond donors (Lipinski definition) is 2. The monoisotopic (exact) mass is 594 g/mol. The largest absolute Gasteiger partial charge is 0.427 e. The van der Waals surface area contributed by atoms with Crippen LogP contribution >= 0.6 is 0 Å². The molecule has 12 heteroatoms. The lowest BCUT2D eigenvalue weighted by Crippen LogP contribution is -2.04. The van der Waals surface area contributed by atoms with Crippen molar-refractivity contribution in [2.45, 2.75) is 27.7 Å². The van der Waals surface area contributed by atoms with E-state index in [4.69, 9.17) is 18.9 Å². The van der Waals surface area contributed by atoms with Crippen LogP contribution in [0.4, 0.5) is 0 Å². The van der Waals surface area contributed by atoms with Gasteiger partial charge in [-0.1, -0.05) is 18.2 Å². The first-order valence-electron chi connectivity index (χ1n) is 13.3. The molecule has 0 aliphatic carbocycles. The second-order valence-corrected chi connectivity index (χ2v) is 9.68. The summed E-state index contributed by atoms with van der Waals surface area (Å²) in [6, 6.07) is 20.7. The van der Waals surface area contributed by atoms with Gasteiger partial charge in [-0.2, -0.15) is 10.2 Å². The highest BCUT2D eigenvalue weighted by atomic mass is 16.6. The number of nitrogens with zero attached hydrogens (tertiary/aromatic N) is 2. The molecule has 5 rings (SSSR count). The fourth-order valence-electron chi connectivity index (χ4n) is 4.43. The number of benzene rings is 3. The van der Waals surface area contributed by atoms with E-state index in [0.29, 0.717) is 33.9 Å². The van der Waals surface area contributed by atoms with E-state index in [9.17, 15) is 19.2 Å². The van der Waals surface area contributed by atoms with Crippen LogP contribution in [0.15, 0.2) is 72.8 Å². The topological polar surface area (TPSA) is 163 Å². The molecule has 2 aromatic heterocycles. The number of carbonyl (C=O) groups is 4. The molecule has 2 N–H and O–H groups in total. The van der Waals surface area contributed by atoms with Crippen molar-refractivity contribution in [3.8, 4) is 68.0 Å². The number of nitrogens with one attached hydrogen (secondary N) is 2. The van der Waals surface area contributed by atoms with E-state index in [0.717, 1.165) is 11.1 Å². The number of H-pyrrole nitrogens is 2. The Hall–Kier alpha value is -6.04. The molecule has 3 aromatic carbocycles. The molecule has 5 aromatic rings. The zero-order chi connectivity index (χ0) is 31.4. The Bertz CT molecular complexity index is 1700. The third-order valence-corrected chi connectivity index (χ3v) is 6.04. The highest BCUT2D eigenvalue weighted by Crippen LogP contribution is 2.34. The molecule has 0 amide bonds. The van der Waals surface area contributed by atoms with E-state index >= 15 is 0 Å². The van der Waals surface area contributed by atoms with Gasteiger partial charge < -0.3 is 18.9 Å². The van der Waals surface area contributed by atoms with E-state index in [-0.39, 0.29) is 23.0 Å². The van der Waals surface area contributed by atoms with Crippen LogP contribution in [0.1, 0.15) is 27.7 Å². The van der Waals surface area contributed by atoms with Crippen LogP contribution in [0.5, 0.6) is 23.0 Å². The van der Waals surface area contributed by atoms with Gasteiger partial charge in [0, 0.05) is 62.1 Å². The maximum atomic E-state index is 11.5. The lowest BCUT2D eigenvalue weighted by molar-refractivity contribution is -0.133. The summed E-state index contributed by atoms with van der Waals surface area (Å²) in [6.45, 7) is 5.12. The molecule has 0 unspecified atom stereocenters. The van der Waals surface area contributed by atoms with Gasteiger partial charge in [-0.3, -0.25) is 29.4 Å². The lowest BCUT2D eigenvalue weighted by atomic mass is 10.0. The standard InChI is InChI=1S/C32H26N4O8/c1-17(37)41-25-9-23(10-26(13-25)42-18(2)38)31-15-29(33-35-31)21-6-5-7-22(8-21)30-16-32(36-34-30)24-11-27(43-19(3)39)14-28(12-24)44-20(4)40/h5-16H,1-4H3,(H,33,35)(H,34,36). The first-order valence-corrected chi connectivity index (χ1v) is 13.3. The molecule has 0 aliphatic heterocycles. The average molecular weight is 595 g/mol. The zero-order valence-electron chi connectivity index (χ0n) is 24.1. The summed E-state index contributed by atoms with van der Waals surface area (Å²) in [5.74, 6) is -1.17. The molecule has 222 valence electrons. The predicted octanol–water partition coefficient (Wildman–Crippen LogP) is 5.50. The van der Waals surface area contributed by atoms with Crippen molar-refractivity contribution in [1.29, 1.82) is 0 Å². The number of ether oxygens (including phenoxy) is 4. The van der Waals surface area contributed by atoms with Gasteiger partial charge in [-0.15, -0.1) is 0 Å². The van der Waals surface area contributed by atoms with Crippen molar-refractivity contribution in [2.75, 3.05) is 0 Å². The van der Waals surface area contributed by atoms with E-state index in [2.05, 4.69) is 20.4 Å². The Balaban J connectivity index is 1.44. The van der Waals surface area contributed by atoms with Gasteiger partial charge in [0.15, 0.2) is 0 Å². The molecule has 0 aliphatic rings. The predicted molar refractivity (Wildman–Crippen MR) is 158 cm³/mol. The number of rotatable bonds is 8. The summed E-state index contributed by atoms with van der Waals surface area (Å²) < 4.78 is 20.9. The van der Waals surface area contributed by atoms with Crippen molar-refractivity contribution in [3.05, 3.63) is 72.8 Å². The van der Waals surface area contributed by atoms with E-state index in [1.165, 1.54) is 39.8 Å². The van der Waals surface area contributed by atoms with Crippen molar-refractivity contribution in [3.63, 3.8) is 0 Å².